The number of hydrogen-bond donors (Lipinski definition) is 1. The first-order chi connectivity index (χ1) is 9.39. The minimum absolute atomic E-state index is 0.0268. The van der Waals surface area contributed by atoms with Gasteiger partial charge in [0.15, 0.2) is 0 Å². The molecule has 112 valence electrons. The Bertz CT molecular complexity index is 463. The SMILES string of the molecule is COc1ccc(C(=O)NCC(C)(C)CCCCl)c(F)c1. The van der Waals surface area contributed by atoms with Gasteiger partial charge in [-0.2, -0.15) is 0 Å². The lowest BCUT2D eigenvalue weighted by Gasteiger charge is -2.24. The summed E-state index contributed by atoms with van der Waals surface area (Å²) in [7, 11) is 1.45. The Hall–Kier alpha value is -1.29. The first kappa shape index (κ1) is 16.8. The number of rotatable bonds is 7. The second kappa shape index (κ2) is 7.48. The predicted molar refractivity (Wildman–Crippen MR) is 79.0 cm³/mol. The lowest BCUT2D eigenvalue weighted by Crippen LogP contribution is -2.34. The average molecular weight is 302 g/mol. The summed E-state index contributed by atoms with van der Waals surface area (Å²) in [5, 5.41) is 2.76. The first-order valence-corrected chi connectivity index (χ1v) is 7.11. The lowest BCUT2D eigenvalue weighted by molar-refractivity contribution is 0.0930. The molecule has 0 bridgehead atoms. The molecule has 1 aromatic carbocycles. The molecule has 5 heteroatoms. The van der Waals surface area contributed by atoms with Crippen LogP contribution in [0.2, 0.25) is 0 Å². The van der Waals surface area contributed by atoms with Gasteiger partial charge in [-0.3, -0.25) is 4.79 Å². The predicted octanol–water partition coefficient (Wildman–Crippen LogP) is 3.61. The van der Waals surface area contributed by atoms with E-state index in [2.05, 4.69) is 5.32 Å². The van der Waals surface area contributed by atoms with Crippen LogP contribution in [0.3, 0.4) is 0 Å². The molecule has 0 saturated carbocycles. The molecule has 3 nitrogen and oxygen atoms in total. The summed E-state index contributed by atoms with van der Waals surface area (Å²) >= 11 is 5.67. The number of ether oxygens (including phenoxy) is 1. The van der Waals surface area contributed by atoms with Crippen LogP contribution in [0.25, 0.3) is 0 Å². The molecule has 0 aliphatic heterocycles. The zero-order valence-corrected chi connectivity index (χ0v) is 12.9. The van der Waals surface area contributed by atoms with Gasteiger partial charge >= 0.3 is 0 Å². The Balaban J connectivity index is 2.63. The molecule has 20 heavy (non-hydrogen) atoms. The monoisotopic (exact) mass is 301 g/mol. The summed E-state index contributed by atoms with van der Waals surface area (Å²) in [6.45, 7) is 4.57. The Morgan fingerprint density at radius 1 is 1.45 bits per heavy atom. The van der Waals surface area contributed by atoms with Crippen molar-refractivity contribution in [3.8, 4) is 5.75 Å². The van der Waals surface area contributed by atoms with Crippen molar-refractivity contribution in [2.24, 2.45) is 5.41 Å². The molecule has 0 heterocycles. The third-order valence-electron chi connectivity index (χ3n) is 3.14. The van der Waals surface area contributed by atoms with E-state index in [1.54, 1.807) is 6.07 Å². The van der Waals surface area contributed by atoms with Crippen LogP contribution >= 0.6 is 11.6 Å². The second-order valence-electron chi connectivity index (χ2n) is 5.49. The van der Waals surface area contributed by atoms with Gasteiger partial charge in [0.1, 0.15) is 11.6 Å². The number of hydrogen-bond acceptors (Lipinski definition) is 2. The number of amides is 1. The van der Waals surface area contributed by atoms with E-state index >= 15 is 0 Å². The van der Waals surface area contributed by atoms with Gasteiger partial charge in [-0.15, -0.1) is 11.6 Å². The highest BCUT2D eigenvalue weighted by atomic mass is 35.5. The summed E-state index contributed by atoms with van der Waals surface area (Å²) in [6, 6.07) is 4.19. The Morgan fingerprint density at radius 2 is 2.15 bits per heavy atom. The van der Waals surface area contributed by atoms with Gasteiger partial charge in [0.2, 0.25) is 0 Å². The number of halogens is 2. The van der Waals surface area contributed by atoms with E-state index in [0.29, 0.717) is 18.2 Å². The first-order valence-electron chi connectivity index (χ1n) is 6.57. The summed E-state index contributed by atoms with van der Waals surface area (Å²) in [4.78, 5) is 12.0. The van der Waals surface area contributed by atoms with Crippen molar-refractivity contribution in [2.75, 3.05) is 19.5 Å². The molecule has 0 saturated heterocycles. The summed E-state index contributed by atoms with van der Waals surface area (Å²) < 4.78 is 18.7. The third-order valence-corrected chi connectivity index (χ3v) is 3.40. The fourth-order valence-electron chi connectivity index (χ4n) is 1.86. The number of alkyl halides is 1. The maximum Gasteiger partial charge on any atom is 0.254 e. The quantitative estimate of drug-likeness (QED) is 0.781. The van der Waals surface area contributed by atoms with Crippen molar-refractivity contribution in [3.05, 3.63) is 29.6 Å². The van der Waals surface area contributed by atoms with E-state index in [1.165, 1.54) is 19.2 Å². The molecule has 0 atom stereocenters. The fourth-order valence-corrected chi connectivity index (χ4v) is 1.99. The van der Waals surface area contributed by atoms with Crippen molar-refractivity contribution in [1.82, 2.24) is 5.32 Å². The number of carbonyl (C=O) groups is 1. The van der Waals surface area contributed by atoms with Crippen LogP contribution in [0.4, 0.5) is 4.39 Å². The van der Waals surface area contributed by atoms with Gasteiger partial charge in [-0.25, -0.2) is 4.39 Å². The van der Waals surface area contributed by atoms with Crippen LogP contribution in [0, 0.1) is 11.2 Å². The molecule has 0 unspecified atom stereocenters. The molecule has 1 aromatic rings. The Labute approximate surface area is 124 Å². The Kier molecular flexibility index (Phi) is 6.27. The normalized spacial score (nSPS) is 11.2. The molecule has 0 fully saturated rings. The highest BCUT2D eigenvalue weighted by molar-refractivity contribution is 6.17. The van der Waals surface area contributed by atoms with Crippen LogP contribution in [-0.4, -0.2) is 25.4 Å². The molecule has 0 radical (unpaired) electrons. The standard InChI is InChI=1S/C15H21ClFNO2/c1-15(2,7-4-8-16)10-18-14(19)12-6-5-11(20-3)9-13(12)17/h5-6,9H,4,7-8,10H2,1-3H3,(H,18,19). The van der Waals surface area contributed by atoms with E-state index in [4.69, 9.17) is 16.3 Å². The highest BCUT2D eigenvalue weighted by Gasteiger charge is 2.20. The van der Waals surface area contributed by atoms with Crippen molar-refractivity contribution >= 4 is 17.5 Å². The minimum Gasteiger partial charge on any atom is -0.497 e. The number of carbonyl (C=O) groups excluding carboxylic acids is 1. The molecule has 1 rings (SSSR count). The second-order valence-corrected chi connectivity index (χ2v) is 5.86. The molecule has 0 spiro atoms. The van der Waals surface area contributed by atoms with Crippen molar-refractivity contribution < 1.29 is 13.9 Å². The molecule has 1 N–H and O–H groups in total. The maximum atomic E-state index is 13.8. The van der Waals surface area contributed by atoms with Crippen LogP contribution in [0.1, 0.15) is 37.0 Å². The minimum atomic E-state index is -0.583. The largest absolute Gasteiger partial charge is 0.497 e. The summed E-state index contributed by atoms with van der Waals surface area (Å²) in [5.74, 6) is -0.00388. The van der Waals surface area contributed by atoms with E-state index < -0.39 is 11.7 Å². The number of nitrogens with one attached hydrogen (secondary N) is 1. The molecule has 0 aliphatic rings. The molecule has 1 amide bonds. The highest BCUT2D eigenvalue weighted by Crippen LogP contribution is 2.22. The topological polar surface area (TPSA) is 38.3 Å². The smallest absolute Gasteiger partial charge is 0.254 e. The van der Waals surface area contributed by atoms with Gasteiger partial charge in [0.25, 0.3) is 5.91 Å². The lowest BCUT2D eigenvalue weighted by atomic mass is 9.88. The number of benzene rings is 1. The summed E-state index contributed by atoms with van der Waals surface area (Å²) in [5.41, 5.74) is -0.0352. The van der Waals surface area contributed by atoms with Crippen LogP contribution in [0.5, 0.6) is 5.75 Å². The third kappa shape index (κ3) is 5.00. The molecular weight excluding hydrogens is 281 g/mol. The van der Waals surface area contributed by atoms with E-state index in [1.807, 2.05) is 13.8 Å². The zero-order valence-electron chi connectivity index (χ0n) is 12.1. The van der Waals surface area contributed by atoms with Crippen LogP contribution in [-0.2, 0) is 0 Å². The van der Waals surface area contributed by atoms with E-state index in [-0.39, 0.29) is 11.0 Å². The van der Waals surface area contributed by atoms with Crippen molar-refractivity contribution in [2.45, 2.75) is 26.7 Å². The van der Waals surface area contributed by atoms with Crippen LogP contribution < -0.4 is 10.1 Å². The van der Waals surface area contributed by atoms with Gasteiger partial charge in [-0.1, -0.05) is 13.8 Å². The van der Waals surface area contributed by atoms with Gasteiger partial charge < -0.3 is 10.1 Å². The molecular formula is C15H21ClFNO2. The van der Waals surface area contributed by atoms with E-state index in [9.17, 15) is 9.18 Å². The van der Waals surface area contributed by atoms with Gasteiger partial charge in [-0.05, 0) is 30.4 Å². The number of methoxy groups -OCH3 is 1. The summed E-state index contributed by atoms with van der Waals surface area (Å²) in [6.07, 6.45) is 1.79. The molecule has 0 aromatic heterocycles. The van der Waals surface area contributed by atoms with Crippen molar-refractivity contribution in [1.29, 1.82) is 0 Å². The van der Waals surface area contributed by atoms with Gasteiger partial charge in [0, 0.05) is 18.5 Å². The Morgan fingerprint density at radius 3 is 2.70 bits per heavy atom. The average Bonchev–Trinajstić information content (AvgIpc) is 2.42. The zero-order chi connectivity index (χ0) is 15.2. The fraction of sp³-hybridized carbons (Fsp3) is 0.533. The maximum absolute atomic E-state index is 13.8. The molecule has 0 aliphatic carbocycles. The van der Waals surface area contributed by atoms with Crippen molar-refractivity contribution in [3.63, 3.8) is 0 Å². The van der Waals surface area contributed by atoms with Crippen LogP contribution in [0.15, 0.2) is 18.2 Å². The van der Waals surface area contributed by atoms with E-state index in [0.717, 1.165) is 12.8 Å². The van der Waals surface area contributed by atoms with Gasteiger partial charge in [0.05, 0.1) is 12.7 Å².